The first-order chi connectivity index (χ1) is 13.6. The fraction of sp³-hybridized carbons (Fsp3) is 0.182. The molecule has 3 aromatic rings. The molecule has 0 radical (unpaired) electrons. The lowest BCUT2D eigenvalue weighted by Crippen LogP contribution is -2.42. The van der Waals surface area contributed by atoms with Crippen LogP contribution in [0.3, 0.4) is 0 Å². The Morgan fingerprint density at radius 3 is 2.43 bits per heavy atom. The molecule has 1 aliphatic heterocycles. The van der Waals surface area contributed by atoms with E-state index in [-0.39, 0.29) is 11.9 Å². The van der Waals surface area contributed by atoms with Crippen LogP contribution < -0.4 is 10.2 Å². The van der Waals surface area contributed by atoms with E-state index in [0.29, 0.717) is 21.4 Å². The molecule has 2 heterocycles. The molecule has 6 heteroatoms. The molecule has 0 saturated carbocycles. The molecule has 0 unspecified atom stereocenters. The molecule has 4 nitrogen and oxygen atoms in total. The van der Waals surface area contributed by atoms with Gasteiger partial charge in [-0.05, 0) is 48.9 Å². The minimum Gasteiger partial charge on any atom is -0.315 e. The van der Waals surface area contributed by atoms with Crippen molar-refractivity contribution in [2.45, 2.75) is 12.5 Å². The van der Waals surface area contributed by atoms with Crippen LogP contribution in [0.5, 0.6) is 0 Å². The molecule has 1 aliphatic rings. The molecule has 1 aromatic heterocycles. The van der Waals surface area contributed by atoms with E-state index in [1.807, 2.05) is 48.5 Å². The Morgan fingerprint density at radius 1 is 1.00 bits per heavy atom. The lowest BCUT2D eigenvalue weighted by molar-refractivity contribution is 0.0977. The average molecular weight is 412 g/mol. The van der Waals surface area contributed by atoms with Crippen LogP contribution in [-0.2, 0) is 0 Å². The van der Waals surface area contributed by atoms with E-state index in [0.717, 1.165) is 30.6 Å². The Balaban J connectivity index is 1.67. The van der Waals surface area contributed by atoms with Crippen LogP contribution in [0.15, 0.2) is 66.9 Å². The molecule has 1 atom stereocenters. The largest absolute Gasteiger partial charge is 0.315 e. The van der Waals surface area contributed by atoms with Crippen LogP contribution in [-0.4, -0.2) is 30.0 Å². The van der Waals surface area contributed by atoms with E-state index in [4.69, 9.17) is 23.2 Å². The quantitative estimate of drug-likeness (QED) is 0.651. The van der Waals surface area contributed by atoms with Crippen LogP contribution in [0.25, 0.3) is 11.1 Å². The topological polar surface area (TPSA) is 45.2 Å². The molecule has 1 saturated heterocycles. The Bertz CT molecular complexity index is 985. The predicted octanol–water partition coefficient (Wildman–Crippen LogP) is 5.06. The van der Waals surface area contributed by atoms with Gasteiger partial charge in [0.05, 0.1) is 11.1 Å². The number of rotatable bonds is 4. The first kappa shape index (κ1) is 18.9. The Morgan fingerprint density at radius 2 is 1.75 bits per heavy atom. The van der Waals surface area contributed by atoms with Crippen LogP contribution in [0.2, 0.25) is 10.0 Å². The van der Waals surface area contributed by atoms with Gasteiger partial charge >= 0.3 is 0 Å². The zero-order valence-corrected chi connectivity index (χ0v) is 16.6. The third-order valence-corrected chi connectivity index (χ3v) is 5.53. The van der Waals surface area contributed by atoms with Crippen LogP contribution >= 0.6 is 23.2 Å². The second-order valence-electron chi connectivity index (χ2n) is 6.69. The molecule has 0 bridgehead atoms. The van der Waals surface area contributed by atoms with Gasteiger partial charge in [-0.3, -0.25) is 9.69 Å². The van der Waals surface area contributed by atoms with Crippen molar-refractivity contribution >= 4 is 34.9 Å². The highest BCUT2D eigenvalue weighted by atomic mass is 35.5. The van der Waals surface area contributed by atoms with E-state index in [9.17, 15) is 4.79 Å². The maximum absolute atomic E-state index is 13.4. The number of carbonyl (C=O) groups is 1. The predicted molar refractivity (Wildman–Crippen MR) is 114 cm³/mol. The minimum atomic E-state index is -0.111. The number of anilines is 1. The van der Waals surface area contributed by atoms with Gasteiger partial charge in [-0.2, -0.15) is 0 Å². The average Bonchev–Trinajstić information content (AvgIpc) is 3.24. The number of amides is 1. The summed E-state index contributed by atoms with van der Waals surface area (Å²) >= 11 is 12.7. The Labute approximate surface area is 174 Å². The smallest absolute Gasteiger partial charge is 0.259 e. The maximum atomic E-state index is 13.4. The fourth-order valence-corrected chi connectivity index (χ4v) is 3.93. The van der Waals surface area contributed by atoms with Gasteiger partial charge in [0.25, 0.3) is 5.91 Å². The summed E-state index contributed by atoms with van der Waals surface area (Å²) in [5.41, 5.74) is 2.49. The van der Waals surface area contributed by atoms with Gasteiger partial charge in [0.15, 0.2) is 5.82 Å². The molecule has 1 amide bonds. The van der Waals surface area contributed by atoms with Crippen molar-refractivity contribution in [3.8, 4) is 11.1 Å². The number of hydrogen-bond acceptors (Lipinski definition) is 3. The third kappa shape index (κ3) is 3.76. The standard InChI is InChI=1S/C22H19Cl2N3O/c23-19-5-2-1-4-18(19)15-7-9-16(10-8-15)22(28)27(17-11-13-25-14-17)21-20(24)6-3-12-26-21/h1-10,12,17,25H,11,13-14H2/t17-/m1/s1. The van der Waals surface area contributed by atoms with Gasteiger partial charge in [0.1, 0.15) is 0 Å². The lowest BCUT2D eigenvalue weighted by Gasteiger charge is -2.28. The van der Waals surface area contributed by atoms with Gasteiger partial charge in [0.2, 0.25) is 0 Å². The first-order valence-electron chi connectivity index (χ1n) is 9.15. The summed E-state index contributed by atoms with van der Waals surface area (Å²) in [5, 5.41) is 4.45. The normalized spacial score (nSPS) is 16.1. The van der Waals surface area contributed by atoms with Gasteiger partial charge in [-0.15, -0.1) is 0 Å². The number of hydrogen-bond donors (Lipinski definition) is 1. The summed E-state index contributed by atoms with van der Waals surface area (Å²) in [5.74, 6) is 0.387. The number of nitrogens with zero attached hydrogens (tertiary/aromatic N) is 2. The van der Waals surface area contributed by atoms with Gasteiger partial charge < -0.3 is 5.32 Å². The van der Waals surface area contributed by atoms with Gasteiger partial charge in [-0.25, -0.2) is 4.98 Å². The second-order valence-corrected chi connectivity index (χ2v) is 7.50. The molecule has 1 N–H and O–H groups in total. The van der Waals surface area contributed by atoms with E-state index in [1.54, 1.807) is 23.2 Å². The molecular weight excluding hydrogens is 393 g/mol. The van der Waals surface area contributed by atoms with Crippen molar-refractivity contribution in [3.63, 3.8) is 0 Å². The third-order valence-electron chi connectivity index (χ3n) is 4.90. The highest BCUT2D eigenvalue weighted by Crippen LogP contribution is 2.30. The SMILES string of the molecule is O=C(c1ccc(-c2ccccc2Cl)cc1)N(c1ncccc1Cl)[C@@H]1CCNC1. The monoisotopic (exact) mass is 411 g/mol. The van der Waals surface area contributed by atoms with Crippen LogP contribution in [0, 0.1) is 0 Å². The summed E-state index contributed by atoms with van der Waals surface area (Å²) in [6.45, 7) is 1.58. The van der Waals surface area contributed by atoms with Crippen LogP contribution in [0.1, 0.15) is 16.8 Å². The van der Waals surface area contributed by atoms with Crippen molar-refractivity contribution in [1.82, 2.24) is 10.3 Å². The molecule has 0 spiro atoms. The van der Waals surface area contributed by atoms with Crippen molar-refractivity contribution in [1.29, 1.82) is 0 Å². The van der Waals surface area contributed by atoms with E-state index >= 15 is 0 Å². The van der Waals surface area contributed by atoms with Crippen molar-refractivity contribution in [2.75, 3.05) is 18.0 Å². The lowest BCUT2D eigenvalue weighted by atomic mass is 10.0. The maximum Gasteiger partial charge on any atom is 0.259 e. The molecule has 4 rings (SSSR count). The van der Waals surface area contributed by atoms with Gasteiger partial charge in [-0.1, -0.05) is 53.5 Å². The molecule has 28 heavy (non-hydrogen) atoms. The number of halogens is 2. The Hall–Kier alpha value is -2.40. The number of carbonyl (C=O) groups excluding carboxylic acids is 1. The summed E-state index contributed by atoms with van der Waals surface area (Å²) < 4.78 is 0. The van der Waals surface area contributed by atoms with Crippen molar-refractivity contribution in [3.05, 3.63) is 82.5 Å². The zero-order valence-electron chi connectivity index (χ0n) is 15.1. The number of aromatic nitrogens is 1. The zero-order chi connectivity index (χ0) is 19.5. The molecular formula is C22H19Cl2N3O. The van der Waals surface area contributed by atoms with Crippen LogP contribution in [0.4, 0.5) is 5.82 Å². The summed E-state index contributed by atoms with van der Waals surface area (Å²) in [6, 6.07) is 18.7. The Kier molecular flexibility index (Phi) is 5.62. The van der Waals surface area contributed by atoms with Crippen molar-refractivity contribution in [2.24, 2.45) is 0 Å². The second kappa shape index (κ2) is 8.31. The molecule has 2 aromatic carbocycles. The molecule has 142 valence electrons. The van der Waals surface area contributed by atoms with E-state index in [1.165, 1.54) is 0 Å². The minimum absolute atomic E-state index is 0.0168. The highest BCUT2D eigenvalue weighted by Gasteiger charge is 2.31. The molecule has 1 fully saturated rings. The number of pyridine rings is 1. The summed E-state index contributed by atoms with van der Waals surface area (Å²) in [6.07, 6.45) is 2.51. The van der Waals surface area contributed by atoms with E-state index < -0.39 is 0 Å². The van der Waals surface area contributed by atoms with Crippen molar-refractivity contribution < 1.29 is 4.79 Å². The number of benzene rings is 2. The van der Waals surface area contributed by atoms with E-state index in [2.05, 4.69) is 10.3 Å². The van der Waals surface area contributed by atoms with Gasteiger partial charge in [0, 0.05) is 28.9 Å². The molecule has 0 aliphatic carbocycles. The highest BCUT2D eigenvalue weighted by molar-refractivity contribution is 6.34. The fourth-order valence-electron chi connectivity index (χ4n) is 3.48. The summed E-state index contributed by atoms with van der Waals surface area (Å²) in [7, 11) is 0. The summed E-state index contributed by atoms with van der Waals surface area (Å²) in [4.78, 5) is 19.5. The number of nitrogens with one attached hydrogen (secondary N) is 1. The first-order valence-corrected chi connectivity index (χ1v) is 9.90.